The Morgan fingerprint density at radius 3 is 2.55 bits per heavy atom. The Morgan fingerprint density at radius 1 is 1.20 bits per heavy atom. The van der Waals surface area contributed by atoms with Crippen LogP contribution in [-0.4, -0.2) is 29.4 Å². The maximum Gasteiger partial charge on any atom is 0.340 e. The van der Waals surface area contributed by atoms with Gasteiger partial charge in [0.15, 0.2) is 5.60 Å². The highest BCUT2D eigenvalue weighted by atomic mass is 16.5. The van der Waals surface area contributed by atoms with Gasteiger partial charge in [0, 0.05) is 5.56 Å². The molecule has 2 rings (SSSR count). The lowest BCUT2D eigenvalue weighted by Gasteiger charge is -2.30. The number of fused-ring (bicyclic) bond motifs is 1. The third-order valence-electron chi connectivity index (χ3n) is 3.51. The number of rotatable bonds is 6. The SMILES string of the molecule is CCC(OCCO)(C(=O)O)c1cccc2ccccc12. The van der Waals surface area contributed by atoms with Crippen molar-refractivity contribution in [1.29, 1.82) is 0 Å². The van der Waals surface area contributed by atoms with Crippen molar-refractivity contribution < 1.29 is 19.7 Å². The van der Waals surface area contributed by atoms with Crippen molar-refractivity contribution in [1.82, 2.24) is 0 Å². The normalized spacial score (nSPS) is 14.1. The third-order valence-corrected chi connectivity index (χ3v) is 3.51. The van der Waals surface area contributed by atoms with Gasteiger partial charge in [-0.1, -0.05) is 49.4 Å². The monoisotopic (exact) mass is 274 g/mol. The van der Waals surface area contributed by atoms with Gasteiger partial charge in [0.05, 0.1) is 13.2 Å². The van der Waals surface area contributed by atoms with Crippen LogP contribution < -0.4 is 0 Å². The first-order chi connectivity index (χ1) is 9.65. The Morgan fingerprint density at radius 2 is 1.90 bits per heavy atom. The molecule has 0 aliphatic heterocycles. The number of aliphatic hydroxyl groups is 1. The van der Waals surface area contributed by atoms with Gasteiger partial charge >= 0.3 is 5.97 Å². The molecule has 0 saturated carbocycles. The van der Waals surface area contributed by atoms with Gasteiger partial charge in [-0.2, -0.15) is 0 Å². The van der Waals surface area contributed by atoms with Gasteiger partial charge in [-0.05, 0) is 17.2 Å². The largest absolute Gasteiger partial charge is 0.479 e. The van der Waals surface area contributed by atoms with Crippen LogP contribution in [0.5, 0.6) is 0 Å². The molecule has 0 bridgehead atoms. The van der Waals surface area contributed by atoms with Crippen LogP contribution in [0.25, 0.3) is 10.8 Å². The maximum atomic E-state index is 11.8. The van der Waals surface area contributed by atoms with Crippen LogP contribution in [0.15, 0.2) is 42.5 Å². The van der Waals surface area contributed by atoms with Crippen molar-refractivity contribution in [2.24, 2.45) is 0 Å². The highest BCUT2D eigenvalue weighted by Gasteiger charge is 2.40. The number of aliphatic carboxylic acids is 1. The number of hydrogen-bond acceptors (Lipinski definition) is 3. The van der Waals surface area contributed by atoms with E-state index in [4.69, 9.17) is 9.84 Å². The van der Waals surface area contributed by atoms with Crippen LogP contribution in [0.1, 0.15) is 18.9 Å². The lowest BCUT2D eigenvalue weighted by atomic mass is 9.87. The smallest absolute Gasteiger partial charge is 0.340 e. The van der Waals surface area contributed by atoms with E-state index in [0.717, 1.165) is 10.8 Å². The summed E-state index contributed by atoms with van der Waals surface area (Å²) in [6, 6.07) is 13.2. The molecule has 0 aliphatic rings. The molecular weight excluding hydrogens is 256 g/mol. The Balaban J connectivity index is 2.64. The van der Waals surface area contributed by atoms with Crippen LogP contribution in [-0.2, 0) is 15.1 Å². The van der Waals surface area contributed by atoms with E-state index in [1.807, 2.05) is 36.4 Å². The predicted molar refractivity (Wildman–Crippen MR) is 76.6 cm³/mol. The summed E-state index contributed by atoms with van der Waals surface area (Å²) in [5.74, 6) is -1.04. The lowest BCUT2D eigenvalue weighted by molar-refractivity contribution is -0.169. The minimum atomic E-state index is -1.43. The molecule has 0 aromatic heterocycles. The fourth-order valence-electron chi connectivity index (χ4n) is 2.50. The van der Waals surface area contributed by atoms with Crippen molar-refractivity contribution in [3.63, 3.8) is 0 Å². The van der Waals surface area contributed by atoms with Crippen molar-refractivity contribution >= 4 is 16.7 Å². The van der Waals surface area contributed by atoms with Crippen molar-refractivity contribution in [2.45, 2.75) is 18.9 Å². The zero-order chi connectivity index (χ0) is 14.6. The Labute approximate surface area is 117 Å². The second-order valence-electron chi connectivity index (χ2n) is 4.58. The molecule has 0 radical (unpaired) electrons. The van der Waals surface area contributed by atoms with Crippen LogP contribution >= 0.6 is 0 Å². The minimum Gasteiger partial charge on any atom is -0.479 e. The van der Waals surface area contributed by atoms with E-state index in [-0.39, 0.29) is 19.6 Å². The first-order valence-corrected chi connectivity index (χ1v) is 6.62. The second kappa shape index (κ2) is 6.03. The molecule has 4 nitrogen and oxygen atoms in total. The minimum absolute atomic E-state index is 0.0106. The number of aliphatic hydroxyl groups excluding tert-OH is 1. The summed E-state index contributed by atoms with van der Waals surface area (Å²) >= 11 is 0. The van der Waals surface area contributed by atoms with Crippen molar-refractivity contribution in [2.75, 3.05) is 13.2 Å². The van der Waals surface area contributed by atoms with Gasteiger partial charge in [0.1, 0.15) is 0 Å². The van der Waals surface area contributed by atoms with Gasteiger partial charge in [0.25, 0.3) is 0 Å². The lowest BCUT2D eigenvalue weighted by Crippen LogP contribution is -2.39. The molecule has 2 aromatic rings. The highest BCUT2D eigenvalue weighted by Crippen LogP contribution is 2.35. The molecule has 0 fully saturated rings. The summed E-state index contributed by atoms with van der Waals surface area (Å²) in [4.78, 5) is 11.8. The fraction of sp³-hybridized carbons (Fsp3) is 0.312. The van der Waals surface area contributed by atoms with E-state index >= 15 is 0 Å². The van der Waals surface area contributed by atoms with Crippen molar-refractivity contribution in [3.05, 3.63) is 48.0 Å². The van der Waals surface area contributed by atoms with E-state index in [0.29, 0.717) is 5.56 Å². The number of carboxylic acid groups (broad SMARTS) is 1. The first-order valence-electron chi connectivity index (χ1n) is 6.62. The van der Waals surface area contributed by atoms with Gasteiger partial charge in [-0.3, -0.25) is 0 Å². The third kappa shape index (κ3) is 2.40. The molecule has 0 aliphatic carbocycles. The highest BCUT2D eigenvalue weighted by molar-refractivity contribution is 5.92. The van der Waals surface area contributed by atoms with E-state index in [1.165, 1.54) is 0 Å². The maximum absolute atomic E-state index is 11.8. The second-order valence-corrected chi connectivity index (χ2v) is 4.58. The summed E-state index contributed by atoms with van der Waals surface area (Å²) in [6.45, 7) is 1.55. The summed E-state index contributed by atoms with van der Waals surface area (Å²) in [5.41, 5.74) is -0.803. The number of ether oxygens (including phenoxy) is 1. The van der Waals surface area contributed by atoms with Crippen LogP contribution in [0, 0.1) is 0 Å². The summed E-state index contributed by atoms with van der Waals surface area (Å²) < 4.78 is 5.53. The fourth-order valence-corrected chi connectivity index (χ4v) is 2.50. The van der Waals surface area contributed by atoms with E-state index in [2.05, 4.69) is 0 Å². The number of carbonyl (C=O) groups is 1. The first kappa shape index (κ1) is 14.5. The topological polar surface area (TPSA) is 66.8 Å². The summed E-state index contributed by atoms with van der Waals surface area (Å²) in [6.07, 6.45) is 0.288. The zero-order valence-electron chi connectivity index (χ0n) is 11.4. The number of hydrogen-bond donors (Lipinski definition) is 2. The van der Waals surface area contributed by atoms with Crippen LogP contribution in [0.4, 0.5) is 0 Å². The molecule has 0 saturated heterocycles. The van der Waals surface area contributed by atoms with E-state index in [1.54, 1.807) is 13.0 Å². The molecule has 0 spiro atoms. The molecule has 1 atom stereocenters. The zero-order valence-corrected chi connectivity index (χ0v) is 11.4. The average molecular weight is 274 g/mol. The molecular formula is C16H18O4. The predicted octanol–water partition coefficient (Wildman–Crippen LogP) is 2.54. The Hall–Kier alpha value is -1.91. The van der Waals surface area contributed by atoms with Gasteiger partial charge in [-0.25, -0.2) is 4.79 Å². The number of carboxylic acids is 1. The summed E-state index contributed by atoms with van der Waals surface area (Å²) in [7, 11) is 0. The van der Waals surface area contributed by atoms with Gasteiger partial charge < -0.3 is 14.9 Å². The molecule has 20 heavy (non-hydrogen) atoms. The average Bonchev–Trinajstić information content (AvgIpc) is 2.48. The molecule has 106 valence electrons. The molecule has 0 amide bonds. The van der Waals surface area contributed by atoms with Gasteiger partial charge in [0.2, 0.25) is 0 Å². The molecule has 2 N–H and O–H groups in total. The molecule has 1 unspecified atom stereocenters. The summed E-state index contributed by atoms with van der Waals surface area (Å²) in [5, 5.41) is 20.4. The van der Waals surface area contributed by atoms with E-state index in [9.17, 15) is 9.90 Å². The number of benzene rings is 2. The standard InChI is InChI=1S/C16H18O4/c1-2-16(15(18)19,20-11-10-17)14-9-5-7-12-6-3-4-8-13(12)14/h3-9,17H,2,10-11H2,1H3,(H,18,19). The molecule has 2 aromatic carbocycles. The molecule has 4 heteroatoms. The van der Waals surface area contributed by atoms with E-state index < -0.39 is 11.6 Å². The van der Waals surface area contributed by atoms with Crippen molar-refractivity contribution in [3.8, 4) is 0 Å². The van der Waals surface area contributed by atoms with Crippen LogP contribution in [0.2, 0.25) is 0 Å². The Kier molecular flexibility index (Phi) is 4.37. The van der Waals surface area contributed by atoms with Crippen LogP contribution in [0.3, 0.4) is 0 Å². The molecule has 0 heterocycles. The van der Waals surface area contributed by atoms with Gasteiger partial charge in [-0.15, -0.1) is 0 Å². The Bertz CT molecular complexity index is 603. The quantitative estimate of drug-likeness (QED) is 0.849.